The quantitative estimate of drug-likeness (QED) is 0.834. The number of carbonyl (C=O) groups excluding carboxylic acids is 2. The second-order valence-electron chi connectivity index (χ2n) is 7.37. The summed E-state index contributed by atoms with van der Waals surface area (Å²) in [6, 6.07) is 14.6. The molecule has 0 radical (unpaired) electrons. The van der Waals surface area contributed by atoms with E-state index in [1.165, 1.54) is 0 Å². The molecule has 0 spiro atoms. The highest BCUT2D eigenvalue weighted by Gasteiger charge is 2.24. The van der Waals surface area contributed by atoms with Crippen molar-refractivity contribution < 1.29 is 14.3 Å². The fraction of sp³-hybridized carbons (Fsp3) is 0.364. The Morgan fingerprint density at radius 2 is 1.75 bits per heavy atom. The summed E-state index contributed by atoms with van der Waals surface area (Å²) in [4.78, 5) is 27.3. The van der Waals surface area contributed by atoms with Crippen molar-refractivity contribution in [2.75, 3.05) is 30.3 Å². The molecule has 6 nitrogen and oxygen atoms in total. The van der Waals surface area contributed by atoms with Crippen molar-refractivity contribution in [2.45, 2.75) is 33.0 Å². The topological polar surface area (TPSA) is 70.7 Å². The summed E-state index contributed by atoms with van der Waals surface area (Å²) in [7, 11) is 0. The van der Waals surface area contributed by atoms with Crippen molar-refractivity contribution in [1.29, 1.82) is 0 Å². The minimum Gasteiger partial charge on any atom is -0.373 e. The van der Waals surface area contributed by atoms with Gasteiger partial charge in [-0.2, -0.15) is 0 Å². The van der Waals surface area contributed by atoms with E-state index in [1.807, 2.05) is 45.0 Å². The van der Waals surface area contributed by atoms with Gasteiger partial charge in [-0.05, 0) is 50.6 Å². The molecule has 1 aliphatic rings. The maximum atomic E-state index is 12.7. The number of rotatable bonds is 5. The van der Waals surface area contributed by atoms with Crippen LogP contribution in [0.2, 0.25) is 0 Å². The molecule has 0 bridgehead atoms. The van der Waals surface area contributed by atoms with Crippen molar-refractivity contribution in [1.82, 2.24) is 4.90 Å². The zero-order valence-corrected chi connectivity index (χ0v) is 16.6. The van der Waals surface area contributed by atoms with Gasteiger partial charge in [-0.1, -0.05) is 24.3 Å². The molecule has 6 heteroatoms. The summed E-state index contributed by atoms with van der Waals surface area (Å²) in [5.41, 5.74) is 2.73. The fourth-order valence-electron chi connectivity index (χ4n) is 3.52. The number of benzene rings is 2. The molecule has 2 aromatic carbocycles. The number of carbonyl (C=O) groups is 2. The van der Waals surface area contributed by atoms with Crippen LogP contribution in [0.15, 0.2) is 48.5 Å². The Bertz CT molecular complexity index is 842. The van der Waals surface area contributed by atoms with Crippen LogP contribution in [-0.4, -0.2) is 48.6 Å². The molecule has 148 valence electrons. The second-order valence-corrected chi connectivity index (χ2v) is 7.37. The molecule has 3 rings (SSSR count). The highest BCUT2D eigenvalue weighted by atomic mass is 16.5. The van der Waals surface area contributed by atoms with Crippen LogP contribution in [0.3, 0.4) is 0 Å². The third-order valence-corrected chi connectivity index (χ3v) is 4.58. The van der Waals surface area contributed by atoms with Crippen molar-refractivity contribution >= 4 is 23.2 Å². The third kappa shape index (κ3) is 5.41. The van der Waals surface area contributed by atoms with Crippen molar-refractivity contribution in [3.05, 3.63) is 59.7 Å². The van der Waals surface area contributed by atoms with Gasteiger partial charge >= 0.3 is 0 Å². The number of nitrogens with zero attached hydrogens (tertiary/aromatic N) is 1. The number of ether oxygens (including phenoxy) is 1. The molecule has 0 aromatic heterocycles. The highest BCUT2D eigenvalue weighted by Crippen LogP contribution is 2.18. The average molecular weight is 381 g/mol. The number of morpholine rings is 1. The van der Waals surface area contributed by atoms with Crippen LogP contribution in [0.1, 0.15) is 29.8 Å². The zero-order chi connectivity index (χ0) is 20.1. The summed E-state index contributed by atoms with van der Waals surface area (Å²) in [6.07, 6.45) is 0.202. The first-order valence-electron chi connectivity index (χ1n) is 9.55. The van der Waals surface area contributed by atoms with Gasteiger partial charge < -0.3 is 15.4 Å². The average Bonchev–Trinajstić information content (AvgIpc) is 2.61. The highest BCUT2D eigenvalue weighted by molar-refractivity contribution is 6.10. The molecule has 2 atom stereocenters. The molecule has 2 amide bonds. The Morgan fingerprint density at radius 3 is 2.46 bits per heavy atom. The van der Waals surface area contributed by atoms with E-state index in [0.717, 1.165) is 11.3 Å². The monoisotopic (exact) mass is 381 g/mol. The van der Waals surface area contributed by atoms with Crippen molar-refractivity contribution in [3.63, 3.8) is 0 Å². The second kappa shape index (κ2) is 8.99. The van der Waals surface area contributed by atoms with Gasteiger partial charge in [-0.25, -0.2) is 0 Å². The minimum absolute atomic E-state index is 0.101. The van der Waals surface area contributed by atoms with E-state index >= 15 is 0 Å². The van der Waals surface area contributed by atoms with E-state index in [-0.39, 0.29) is 30.6 Å². The summed E-state index contributed by atoms with van der Waals surface area (Å²) >= 11 is 0. The van der Waals surface area contributed by atoms with Crippen LogP contribution in [0.4, 0.5) is 11.4 Å². The zero-order valence-electron chi connectivity index (χ0n) is 16.6. The van der Waals surface area contributed by atoms with Crippen LogP contribution < -0.4 is 10.6 Å². The van der Waals surface area contributed by atoms with Gasteiger partial charge in [0.25, 0.3) is 5.91 Å². The Hall–Kier alpha value is -2.70. The van der Waals surface area contributed by atoms with Gasteiger partial charge in [0.2, 0.25) is 5.91 Å². The molecule has 0 aliphatic carbocycles. The fourth-order valence-corrected chi connectivity index (χ4v) is 3.52. The summed E-state index contributed by atoms with van der Waals surface area (Å²) < 4.78 is 5.71. The third-order valence-electron chi connectivity index (χ3n) is 4.58. The molecule has 2 aromatic rings. The minimum atomic E-state index is -0.255. The van der Waals surface area contributed by atoms with E-state index in [2.05, 4.69) is 15.5 Å². The van der Waals surface area contributed by atoms with E-state index in [1.54, 1.807) is 24.3 Å². The first-order valence-corrected chi connectivity index (χ1v) is 9.55. The molecular formula is C22H27N3O3. The van der Waals surface area contributed by atoms with Gasteiger partial charge in [-0.15, -0.1) is 0 Å². The predicted molar refractivity (Wildman–Crippen MR) is 111 cm³/mol. The van der Waals surface area contributed by atoms with Gasteiger partial charge in [0.15, 0.2) is 0 Å². The molecule has 1 fully saturated rings. The van der Waals surface area contributed by atoms with E-state index in [0.29, 0.717) is 24.3 Å². The standard InChI is InChI=1S/C22H27N3O3/c1-15-7-6-8-18(11-15)23-22(27)19-9-4-5-10-20(19)24-21(26)14-25-12-16(2)28-17(3)13-25/h4-11,16-17H,12-14H2,1-3H3,(H,23,27)(H,24,26)/t16-,17-/m1/s1. The summed E-state index contributed by atoms with van der Waals surface area (Å²) in [5, 5.41) is 5.77. The number of nitrogens with one attached hydrogen (secondary N) is 2. The van der Waals surface area contributed by atoms with Crippen LogP contribution in [-0.2, 0) is 9.53 Å². The summed E-state index contributed by atoms with van der Waals surface area (Å²) in [5.74, 6) is -0.396. The molecule has 0 unspecified atom stereocenters. The number of amides is 2. The first kappa shape index (κ1) is 20.0. The SMILES string of the molecule is Cc1cccc(NC(=O)c2ccccc2NC(=O)CN2C[C@@H](C)O[C@H](C)C2)c1. The van der Waals surface area contributed by atoms with Crippen LogP contribution in [0, 0.1) is 6.92 Å². The summed E-state index contributed by atoms with van der Waals surface area (Å²) in [6.45, 7) is 7.68. The van der Waals surface area contributed by atoms with Crippen LogP contribution in [0.5, 0.6) is 0 Å². The lowest BCUT2D eigenvalue weighted by Gasteiger charge is -2.34. The number of anilines is 2. The van der Waals surface area contributed by atoms with Gasteiger partial charge in [-0.3, -0.25) is 14.5 Å². The molecule has 1 aliphatic heterocycles. The first-order chi connectivity index (χ1) is 13.4. The number of hydrogen-bond acceptors (Lipinski definition) is 4. The Balaban J connectivity index is 1.66. The molecule has 2 N–H and O–H groups in total. The molecule has 28 heavy (non-hydrogen) atoms. The van der Waals surface area contributed by atoms with Gasteiger partial charge in [0.05, 0.1) is 30.0 Å². The van der Waals surface area contributed by atoms with Crippen molar-refractivity contribution in [3.8, 4) is 0 Å². The van der Waals surface area contributed by atoms with Gasteiger partial charge in [0.1, 0.15) is 0 Å². The van der Waals surface area contributed by atoms with Gasteiger partial charge in [0, 0.05) is 18.8 Å². The largest absolute Gasteiger partial charge is 0.373 e. The predicted octanol–water partition coefficient (Wildman–Crippen LogP) is 3.30. The Kier molecular flexibility index (Phi) is 6.44. The maximum absolute atomic E-state index is 12.7. The smallest absolute Gasteiger partial charge is 0.257 e. The number of aryl methyl sites for hydroxylation is 1. The molecular weight excluding hydrogens is 354 g/mol. The normalized spacial score (nSPS) is 19.8. The van der Waals surface area contributed by atoms with E-state index in [9.17, 15) is 9.59 Å². The van der Waals surface area contributed by atoms with Crippen molar-refractivity contribution in [2.24, 2.45) is 0 Å². The maximum Gasteiger partial charge on any atom is 0.257 e. The Morgan fingerprint density at radius 1 is 1.04 bits per heavy atom. The molecule has 1 heterocycles. The van der Waals surface area contributed by atoms with E-state index < -0.39 is 0 Å². The lowest BCUT2D eigenvalue weighted by Crippen LogP contribution is -2.48. The molecule has 1 saturated heterocycles. The van der Waals surface area contributed by atoms with E-state index in [4.69, 9.17) is 4.74 Å². The van der Waals surface area contributed by atoms with Crippen LogP contribution >= 0.6 is 0 Å². The lowest BCUT2D eigenvalue weighted by molar-refractivity contribution is -0.121. The number of para-hydroxylation sites is 1. The lowest BCUT2D eigenvalue weighted by atomic mass is 10.1. The van der Waals surface area contributed by atoms with Crippen LogP contribution in [0.25, 0.3) is 0 Å². The molecule has 0 saturated carbocycles. The Labute approximate surface area is 165 Å². The number of hydrogen-bond donors (Lipinski definition) is 2.